The van der Waals surface area contributed by atoms with Crippen LogP contribution in [-0.4, -0.2) is 20.9 Å². The zero-order valence-electron chi connectivity index (χ0n) is 16.0. The lowest BCUT2D eigenvalue weighted by atomic mass is 9.83. The number of nitro groups is 1. The summed E-state index contributed by atoms with van der Waals surface area (Å²) >= 11 is 1.68. The predicted octanol–water partition coefficient (Wildman–Crippen LogP) is 3.85. The van der Waals surface area contributed by atoms with Gasteiger partial charge in [-0.15, -0.1) is 11.3 Å². The number of benzene rings is 1. The zero-order valence-corrected chi connectivity index (χ0v) is 16.8. The fraction of sp³-hybridized carbons (Fsp3) is 0.400. The minimum absolute atomic E-state index is 0.0924. The van der Waals surface area contributed by atoms with Gasteiger partial charge in [-0.1, -0.05) is 18.2 Å². The van der Waals surface area contributed by atoms with E-state index in [2.05, 4.69) is 32.8 Å². The average Bonchev–Trinajstić information content (AvgIpc) is 3.11. The molecule has 1 fully saturated rings. The topological polar surface area (TPSA) is 133 Å². The summed E-state index contributed by atoms with van der Waals surface area (Å²) in [4.78, 5) is 19.7. The van der Waals surface area contributed by atoms with E-state index in [9.17, 15) is 10.1 Å². The Morgan fingerprint density at radius 3 is 2.72 bits per heavy atom. The Bertz CT molecular complexity index is 1030. The van der Waals surface area contributed by atoms with Gasteiger partial charge in [0, 0.05) is 17.3 Å². The first-order chi connectivity index (χ1) is 14.0. The Morgan fingerprint density at radius 1 is 1.21 bits per heavy atom. The third-order valence-corrected chi connectivity index (χ3v) is 6.55. The van der Waals surface area contributed by atoms with E-state index in [0.29, 0.717) is 30.5 Å². The predicted molar refractivity (Wildman–Crippen MR) is 116 cm³/mol. The summed E-state index contributed by atoms with van der Waals surface area (Å²) in [5.41, 5.74) is 13.3. The maximum absolute atomic E-state index is 11.5. The van der Waals surface area contributed by atoms with Crippen LogP contribution >= 0.6 is 11.3 Å². The fourth-order valence-corrected chi connectivity index (χ4v) is 4.91. The summed E-state index contributed by atoms with van der Waals surface area (Å²) in [6.07, 6.45) is 4.30. The van der Waals surface area contributed by atoms with E-state index >= 15 is 0 Å². The summed E-state index contributed by atoms with van der Waals surface area (Å²) in [7, 11) is 0. The van der Waals surface area contributed by atoms with E-state index in [1.54, 1.807) is 11.3 Å². The summed E-state index contributed by atoms with van der Waals surface area (Å²) in [6, 6.07) is 8.41. The number of fused-ring (bicyclic) bond motifs is 1. The van der Waals surface area contributed by atoms with Crippen LogP contribution < -0.4 is 16.8 Å². The van der Waals surface area contributed by atoms with Gasteiger partial charge in [-0.25, -0.2) is 4.98 Å². The SMILES string of the molecule is Nc1nc(NCc2csc3ccccc23)nc(CC2CCC(N)CC2)c1[N+](=O)[O-]. The number of hydrogen-bond donors (Lipinski definition) is 3. The highest BCUT2D eigenvalue weighted by Gasteiger charge is 2.27. The molecule has 1 aliphatic carbocycles. The largest absolute Gasteiger partial charge is 0.378 e. The van der Waals surface area contributed by atoms with Crippen LogP contribution in [0.2, 0.25) is 0 Å². The van der Waals surface area contributed by atoms with Gasteiger partial charge in [-0.05, 0) is 60.4 Å². The first-order valence-corrected chi connectivity index (χ1v) is 10.6. The summed E-state index contributed by atoms with van der Waals surface area (Å²) < 4.78 is 1.21. The lowest BCUT2D eigenvalue weighted by molar-refractivity contribution is -0.385. The number of nitrogens with zero attached hydrogens (tertiary/aromatic N) is 3. The molecule has 9 heteroatoms. The number of nitrogen functional groups attached to an aromatic ring is 1. The number of thiophene rings is 1. The molecule has 1 saturated carbocycles. The number of nitrogens with one attached hydrogen (secondary N) is 1. The molecule has 152 valence electrons. The quantitative estimate of drug-likeness (QED) is 0.413. The van der Waals surface area contributed by atoms with E-state index in [0.717, 1.165) is 31.2 Å². The van der Waals surface area contributed by atoms with Gasteiger partial charge in [0.25, 0.3) is 0 Å². The summed E-state index contributed by atoms with van der Waals surface area (Å²) in [6.45, 7) is 0.527. The van der Waals surface area contributed by atoms with Gasteiger partial charge in [0.15, 0.2) is 0 Å². The van der Waals surface area contributed by atoms with E-state index in [1.807, 2.05) is 12.1 Å². The average molecular weight is 413 g/mol. The Labute approximate surface area is 172 Å². The number of nitrogens with two attached hydrogens (primary N) is 2. The van der Waals surface area contributed by atoms with Crippen molar-refractivity contribution in [2.24, 2.45) is 11.7 Å². The monoisotopic (exact) mass is 412 g/mol. The molecule has 5 N–H and O–H groups in total. The van der Waals surface area contributed by atoms with Crippen molar-refractivity contribution in [1.82, 2.24) is 9.97 Å². The van der Waals surface area contributed by atoms with Crippen molar-refractivity contribution in [3.8, 4) is 0 Å². The fourth-order valence-electron chi connectivity index (χ4n) is 3.95. The molecule has 0 bridgehead atoms. The standard InChI is InChI=1S/C20H24N6O2S/c21-14-7-5-12(6-8-14)9-16-18(26(27)28)19(22)25-20(24-16)23-10-13-11-29-17-4-2-1-3-15(13)17/h1-4,11-12,14H,5-10,21H2,(H3,22,23,24,25). The molecule has 1 aromatic carbocycles. The van der Waals surface area contributed by atoms with Gasteiger partial charge in [-0.2, -0.15) is 4.98 Å². The zero-order chi connectivity index (χ0) is 20.4. The normalized spacial score (nSPS) is 19.3. The Hall–Kier alpha value is -2.78. The van der Waals surface area contributed by atoms with Crippen LogP contribution in [0, 0.1) is 16.0 Å². The smallest absolute Gasteiger partial charge is 0.332 e. The molecule has 0 spiro atoms. The molecular weight excluding hydrogens is 388 g/mol. The Balaban J connectivity index is 1.55. The minimum atomic E-state index is -0.477. The molecule has 2 heterocycles. The second-order valence-corrected chi connectivity index (χ2v) is 8.49. The number of hydrogen-bond acceptors (Lipinski definition) is 8. The van der Waals surface area contributed by atoms with Crippen molar-refractivity contribution in [1.29, 1.82) is 0 Å². The highest BCUT2D eigenvalue weighted by molar-refractivity contribution is 7.17. The van der Waals surface area contributed by atoms with Gasteiger partial charge in [0.2, 0.25) is 11.8 Å². The van der Waals surface area contributed by atoms with Crippen molar-refractivity contribution in [3.63, 3.8) is 0 Å². The molecule has 8 nitrogen and oxygen atoms in total. The molecule has 29 heavy (non-hydrogen) atoms. The first kappa shape index (κ1) is 19.5. The van der Waals surface area contributed by atoms with Crippen LogP contribution in [0.25, 0.3) is 10.1 Å². The van der Waals surface area contributed by atoms with Crippen LogP contribution in [0.15, 0.2) is 29.6 Å². The molecule has 2 aromatic heterocycles. The van der Waals surface area contributed by atoms with E-state index in [-0.39, 0.29) is 17.5 Å². The number of rotatable bonds is 6. The van der Waals surface area contributed by atoms with E-state index in [1.165, 1.54) is 10.1 Å². The highest BCUT2D eigenvalue weighted by Crippen LogP contribution is 2.32. The molecule has 0 unspecified atom stereocenters. The molecule has 0 radical (unpaired) electrons. The Morgan fingerprint density at radius 2 is 1.97 bits per heavy atom. The molecular formula is C20H24N6O2S. The van der Waals surface area contributed by atoms with Gasteiger partial charge in [0.05, 0.1) is 4.92 Å². The minimum Gasteiger partial charge on any atom is -0.378 e. The summed E-state index contributed by atoms with van der Waals surface area (Å²) in [5, 5.41) is 18.0. The van der Waals surface area contributed by atoms with Crippen LogP contribution in [0.3, 0.4) is 0 Å². The second kappa shape index (κ2) is 8.30. The maximum Gasteiger partial charge on any atom is 0.332 e. The number of anilines is 2. The molecule has 3 aromatic rings. The van der Waals surface area contributed by atoms with Crippen LogP contribution in [0.1, 0.15) is 36.9 Å². The van der Waals surface area contributed by atoms with Crippen molar-refractivity contribution < 1.29 is 4.92 Å². The lowest BCUT2D eigenvalue weighted by Crippen LogP contribution is -2.27. The van der Waals surface area contributed by atoms with Gasteiger partial charge in [-0.3, -0.25) is 10.1 Å². The number of aromatic nitrogens is 2. The third-order valence-electron chi connectivity index (χ3n) is 5.54. The third kappa shape index (κ3) is 4.30. The van der Waals surface area contributed by atoms with Gasteiger partial charge < -0.3 is 16.8 Å². The molecule has 0 aliphatic heterocycles. The van der Waals surface area contributed by atoms with Crippen LogP contribution in [0.5, 0.6) is 0 Å². The molecule has 0 amide bonds. The lowest BCUT2D eigenvalue weighted by Gasteiger charge is -2.25. The van der Waals surface area contributed by atoms with E-state index < -0.39 is 4.92 Å². The van der Waals surface area contributed by atoms with Crippen molar-refractivity contribution in [3.05, 3.63) is 51.0 Å². The van der Waals surface area contributed by atoms with Crippen molar-refractivity contribution >= 4 is 38.9 Å². The van der Waals surface area contributed by atoms with Crippen molar-refractivity contribution in [2.45, 2.75) is 44.7 Å². The molecule has 4 rings (SSSR count). The second-order valence-electron chi connectivity index (χ2n) is 7.58. The van der Waals surface area contributed by atoms with Crippen LogP contribution in [-0.2, 0) is 13.0 Å². The molecule has 0 saturated heterocycles. The molecule has 0 atom stereocenters. The molecule has 1 aliphatic rings. The van der Waals surface area contributed by atoms with Gasteiger partial charge in [0.1, 0.15) is 5.69 Å². The first-order valence-electron chi connectivity index (χ1n) is 9.76. The highest BCUT2D eigenvalue weighted by atomic mass is 32.1. The Kier molecular flexibility index (Phi) is 5.59. The van der Waals surface area contributed by atoms with Crippen LogP contribution in [0.4, 0.5) is 17.5 Å². The van der Waals surface area contributed by atoms with Gasteiger partial charge >= 0.3 is 5.69 Å². The van der Waals surface area contributed by atoms with Crippen molar-refractivity contribution in [2.75, 3.05) is 11.1 Å². The summed E-state index contributed by atoms with van der Waals surface area (Å²) in [5.74, 6) is 0.563. The maximum atomic E-state index is 11.5. The van der Waals surface area contributed by atoms with E-state index in [4.69, 9.17) is 11.5 Å².